The van der Waals surface area contributed by atoms with Crippen LogP contribution in [-0.4, -0.2) is 42.1 Å². The third kappa shape index (κ3) is 5.59. The number of nitro groups is 1. The van der Waals surface area contributed by atoms with E-state index < -0.39 is 11.2 Å². The molecule has 0 amide bonds. The molecule has 1 fully saturated rings. The van der Waals surface area contributed by atoms with E-state index in [2.05, 4.69) is 0 Å². The van der Waals surface area contributed by atoms with Crippen molar-refractivity contribution in [1.29, 1.82) is 0 Å². The lowest BCUT2D eigenvalue weighted by atomic mass is 10.0. The van der Waals surface area contributed by atoms with Gasteiger partial charge in [-0.05, 0) is 41.3 Å². The molecule has 1 aliphatic rings. The molecular formula is C26H26N2O6. The van der Waals surface area contributed by atoms with Gasteiger partial charge in [0.05, 0.1) is 18.6 Å². The maximum absolute atomic E-state index is 11.7. The number of aldehydes is 1. The summed E-state index contributed by atoms with van der Waals surface area (Å²) in [6, 6.07) is 22.1. The highest BCUT2D eigenvalue weighted by Crippen LogP contribution is 2.31. The second-order valence-corrected chi connectivity index (χ2v) is 8.07. The molecule has 0 aliphatic carbocycles. The van der Waals surface area contributed by atoms with Crippen molar-refractivity contribution in [3.8, 4) is 11.5 Å². The molecule has 3 aromatic carbocycles. The SMILES string of the molecule is COc1ccc(C[C@H]2COC(C=O)N2Cc2ccc(OCc3ccccc3)c([N+](=O)[O-])c2)cc1. The van der Waals surface area contributed by atoms with Crippen molar-refractivity contribution in [2.45, 2.75) is 31.8 Å². The van der Waals surface area contributed by atoms with Gasteiger partial charge in [0.15, 0.2) is 18.3 Å². The van der Waals surface area contributed by atoms with Gasteiger partial charge in [-0.15, -0.1) is 0 Å². The summed E-state index contributed by atoms with van der Waals surface area (Å²) in [6.07, 6.45) is 0.741. The van der Waals surface area contributed by atoms with E-state index in [-0.39, 0.29) is 24.1 Å². The summed E-state index contributed by atoms with van der Waals surface area (Å²) < 4.78 is 16.6. The Bertz CT molecular complexity index is 1120. The average molecular weight is 463 g/mol. The number of methoxy groups -OCH3 is 1. The fraction of sp³-hybridized carbons (Fsp3) is 0.269. The number of hydrogen-bond donors (Lipinski definition) is 0. The third-order valence-corrected chi connectivity index (χ3v) is 5.82. The summed E-state index contributed by atoms with van der Waals surface area (Å²) in [5, 5.41) is 11.7. The largest absolute Gasteiger partial charge is 0.497 e. The number of rotatable bonds is 10. The molecule has 176 valence electrons. The highest BCUT2D eigenvalue weighted by atomic mass is 16.6. The van der Waals surface area contributed by atoms with Crippen LogP contribution in [0.25, 0.3) is 0 Å². The van der Waals surface area contributed by atoms with Gasteiger partial charge in [-0.25, -0.2) is 0 Å². The summed E-state index contributed by atoms with van der Waals surface area (Å²) >= 11 is 0. The zero-order valence-electron chi connectivity index (χ0n) is 18.8. The Labute approximate surface area is 197 Å². The summed E-state index contributed by atoms with van der Waals surface area (Å²) in [5.41, 5.74) is 2.60. The first-order valence-electron chi connectivity index (χ1n) is 11.0. The van der Waals surface area contributed by atoms with Crippen LogP contribution in [0.5, 0.6) is 11.5 Å². The van der Waals surface area contributed by atoms with Crippen LogP contribution in [0, 0.1) is 10.1 Å². The maximum atomic E-state index is 11.7. The monoisotopic (exact) mass is 462 g/mol. The van der Waals surface area contributed by atoms with E-state index in [0.29, 0.717) is 25.1 Å². The number of nitro benzene ring substituents is 1. The summed E-state index contributed by atoms with van der Waals surface area (Å²) in [6.45, 7) is 0.970. The predicted octanol–water partition coefficient (Wildman–Crippen LogP) is 4.15. The van der Waals surface area contributed by atoms with Crippen LogP contribution in [0.2, 0.25) is 0 Å². The van der Waals surface area contributed by atoms with Crippen LogP contribution in [0.15, 0.2) is 72.8 Å². The molecule has 4 rings (SSSR count). The van der Waals surface area contributed by atoms with E-state index in [1.807, 2.05) is 59.5 Å². The normalized spacial score (nSPS) is 17.9. The molecule has 2 atom stereocenters. The quantitative estimate of drug-likeness (QED) is 0.254. The van der Waals surface area contributed by atoms with Gasteiger partial charge < -0.3 is 14.2 Å². The molecule has 1 unspecified atom stereocenters. The Morgan fingerprint density at radius 1 is 1.06 bits per heavy atom. The minimum atomic E-state index is -0.698. The molecule has 0 bridgehead atoms. The lowest BCUT2D eigenvalue weighted by molar-refractivity contribution is -0.386. The van der Waals surface area contributed by atoms with Gasteiger partial charge in [-0.3, -0.25) is 19.8 Å². The number of carbonyl (C=O) groups excluding carboxylic acids is 1. The van der Waals surface area contributed by atoms with Gasteiger partial charge in [0, 0.05) is 18.7 Å². The summed E-state index contributed by atoms with van der Waals surface area (Å²) in [7, 11) is 1.62. The van der Waals surface area contributed by atoms with Crippen LogP contribution in [-0.2, 0) is 29.1 Å². The molecule has 8 heteroatoms. The molecule has 1 saturated heterocycles. The third-order valence-electron chi connectivity index (χ3n) is 5.82. The van der Waals surface area contributed by atoms with Crippen molar-refractivity contribution < 1.29 is 23.9 Å². The molecule has 0 radical (unpaired) electrons. The van der Waals surface area contributed by atoms with E-state index in [4.69, 9.17) is 14.2 Å². The maximum Gasteiger partial charge on any atom is 0.311 e. The van der Waals surface area contributed by atoms with E-state index >= 15 is 0 Å². The predicted molar refractivity (Wildman–Crippen MR) is 126 cm³/mol. The average Bonchev–Trinajstić information content (AvgIpc) is 3.25. The smallest absolute Gasteiger partial charge is 0.311 e. The molecular weight excluding hydrogens is 436 g/mol. The topological polar surface area (TPSA) is 91.1 Å². The van der Waals surface area contributed by atoms with Gasteiger partial charge in [0.2, 0.25) is 0 Å². The highest BCUT2D eigenvalue weighted by Gasteiger charge is 2.34. The Hall–Kier alpha value is -3.75. The van der Waals surface area contributed by atoms with Gasteiger partial charge in [-0.2, -0.15) is 0 Å². The van der Waals surface area contributed by atoms with Crippen LogP contribution in [0.1, 0.15) is 16.7 Å². The molecule has 1 aliphatic heterocycles. The lowest BCUT2D eigenvalue weighted by Gasteiger charge is -2.25. The first kappa shape index (κ1) is 23.4. The molecule has 0 N–H and O–H groups in total. The second kappa shape index (κ2) is 10.9. The molecule has 34 heavy (non-hydrogen) atoms. The Kier molecular flexibility index (Phi) is 7.51. The number of hydrogen-bond acceptors (Lipinski definition) is 7. The minimum absolute atomic E-state index is 0.0448. The van der Waals surface area contributed by atoms with Crippen molar-refractivity contribution in [2.75, 3.05) is 13.7 Å². The van der Waals surface area contributed by atoms with Crippen LogP contribution in [0.3, 0.4) is 0 Å². The molecule has 1 heterocycles. The van der Waals surface area contributed by atoms with Crippen molar-refractivity contribution in [3.05, 3.63) is 99.6 Å². The number of benzene rings is 3. The number of carbonyl (C=O) groups is 1. The fourth-order valence-electron chi connectivity index (χ4n) is 4.03. The molecule has 8 nitrogen and oxygen atoms in total. The second-order valence-electron chi connectivity index (χ2n) is 8.07. The zero-order chi connectivity index (χ0) is 23.9. The standard InChI is InChI=1S/C26H26N2O6/c1-32-23-10-7-19(8-11-23)13-22-18-34-26(16-29)27(22)15-21-9-12-25(24(14-21)28(30)31)33-17-20-5-3-2-4-6-20/h2-12,14,16,22,26H,13,15,17-18H2,1H3/t22-,26?/m0/s1. The number of ether oxygens (including phenoxy) is 3. The highest BCUT2D eigenvalue weighted by molar-refractivity contribution is 5.56. The van der Waals surface area contributed by atoms with Crippen molar-refractivity contribution in [2.24, 2.45) is 0 Å². The Morgan fingerprint density at radius 2 is 1.79 bits per heavy atom. The van der Waals surface area contributed by atoms with E-state index in [0.717, 1.165) is 23.2 Å². The van der Waals surface area contributed by atoms with Crippen LogP contribution < -0.4 is 9.47 Å². The first-order chi connectivity index (χ1) is 16.6. The molecule has 3 aromatic rings. The molecule has 0 saturated carbocycles. The molecule has 0 spiro atoms. The van der Waals surface area contributed by atoms with Gasteiger partial charge >= 0.3 is 5.69 Å². The van der Waals surface area contributed by atoms with Gasteiger partial charge in [0.25, 0.3) is 0 Å². The Balaban J connectivity index is 1.49. The van der Waals surface area contributed by atoms with Crippen molar-refractivity contribution >= 4 is 12.0 Å². The fourth-order valence-corrected chi connectivity index (χ4v) is 4.03. The van der Waals surface area contributed by atoms with E-state index in [9.17, 15) is 14.9 Å². The van der Waals surface area contributed by atoms with E-state index in [1.165, 1.54) is 6.07 Å². The van der Waals surface area contributed by atoms with Crippen LogP contribution >= 0.6 is 0 Å². The van der Waals surface area contributed by atoms with Crippen molar-refractivity contribution in [3.63, 3.8) is 0 Å². The summed E-state index contributed by atoms with van der Waals surface area (Å²) in [4.78, 5) is 24.8. The molecule has 0 aromatic heterocycles. The first-order valence-corrected chi connectivity index (χ1v) is 11.0. The Morgan fingerprint density at radius 3 is 2.47 bits per heavy atom. The minimum Gasteiger partial charge on any atom is -0.497 e. The summed E-state index contributed by atoms with van der Waals surface area (Å²) in [5.74, 6) is 0.980. The lowest BCUT2D eigenvalue weighted by Crippen LogP contribution is -2.38. The number of nitrogens with zero attached hydrogens (tertiary/aromatic N) is 2. The van der Waals surface area contributed by atoms with E-state index in [1.54, 1.807) is 19.2 Å². The zero-order valence-corrected chi connectivity index (χ0v) is 18.8. The van der Waals surface area contributed by atoms with Crippen LogP contribution in [0.4, 0.5) is 5.69 Å². The van der Waals surface area contributed by atoms with Gasteiger partial charge in [0.1, 0.15) is 12.4 Å². The van der Waals surface area contributed by atoms with Crippen molar-refractivity contribution in [1.82, 2.24) is 4.90 Å². The van der Waals surface area contributed by atoms with Gasteiger partial charge in [-0.1, -0.05) is 48.5 Å².